The molecule has 1 heterocycles. The lowest BCUT2D eigenvalue weighted by molar-refractivity contribution is 0.205. The first-order valence-corrected chi connectivity index (χ1v) is 6.75. The van der Waals surface area contributed by atoms with Crippen LogP contribution in [0.2, 0.25) is 0 Å². The van der Waals surface area contributed by atoms with Crippen LogP contribution >= 0.6 is 0 Å². The highest BCUT2D eigenvalue weighted by molar-refractivity contribution is 5.20. The molecule has 2 nitrogen and oxygen atoms in total. The van der Waals surface area contributed by atoms with E-state index in [1.54, 1.807) is 12.1 Å². The average Bonchev–Trinajstić information content (AvgIpc) is 2.75. The lowest BCUT2D eigenvalue weighted by atomic mass is 9.96. The van der Waals surface area contributed by atoms with Crippen LogP contribution in [0.3, 0.4) is 0 Å². The van der Waals surface area contributed by atoms with Crippen molar-refractivity contribution in [3.05, 3.63) is 35.6 Å². The van der Waals surface area contributed by atoms with E-state index in [2.05, 4.69) is 31.1 Å². The summed E-state index contributed by atoms with van der Waals surface area (Å²) in [5.74, 6) is 1.28. The Hall–Kier alpha value is -0.930. The Kier molecular flexibility index (Phi) is 4.36. The van der Waals surface area contributed by atoms with Crippen LogP contribution in [0.5, 0.6) is 0 Å². The fourth-order valence-corrected chi connectivity index (χ4v) is 2.69. The molecule has 0 radical (unpaired) electrons. The van der Waals surface area contributed by atoms with E-state index in [-0.39, 0.29) is 11.9 Å². The van der Waals surface area contributed by atoms with Gasteiger partial charge in [0.2, 0.25) is 0 Å². The summed E-state index contributed by atoms with van der Waals surface area (Å²) in [5, 5.41) is 3.42. The minimum absolute atomic E-state index is 0.102. The quantitative estimate of drug-likeness (QED) is 0.884. The fourth-order valence-electron chi connectivity index (χ4n) is 2.69. The Bertz CT molecular complexity index is 394. The van der Waals surface area contributed by atoms with Gasteiger partial charge in [-0.2, -0.15) is 0 Å². The molecule has 1 aliphatic rings. The summed E-state index contributed by atoms with van der Waals surface area (Å²) in [5.41, 5.74) is 0.790. The van der Waals surface area contributed by atoms with Crippen molar-refractivity contribution < 1.29 is 4.39 Å². The number of hydrogen-bond acceptors (Lipinski definition) is 2. The zero-order valence-electron chi connectivity index (χ0n) is 11.5. The van der Waals surface area contributed by atoms with Gasteiger partial charge in [0.1, 0.15) is 5.82 Å². The molecule has 18 heavy (non-hydrogen) atoms. The van der Waals surface area contributed by atoms with Gasteiger partial charge >= 0.3 is 0 Å². The molecule has 0 saturated carbocycles. The topological polar surface area (TPSA) is 15.3 Å². The van der Waals surface area contributed by atoms with Crippen molar-refractivity contribution in [3.8, 4) is 0 Å². The molecule has 2 rings (SSSR count). The second-order valence-electron chi connectivity index (χ2n) is 5.53. The third-order valence-corrected chi connectivity index (χ3v) is 4.22. The summed E-state index contributed by atoms with van der Waals surface area (Å²) in [7, 11) is 2.09. The largest absolute Gasteiger partial charge is 0.316 e. The molecule has 0 aliphatic carbocycles. The first-order chi connectivity index (χ1) is 8.59. The third-order valence-electron chi connectivity index (χ3n) is 4.22. The molecule has 1 unspecified atom stereocenters. The van der Waals surface area contributed by atoms with Crippen molar-refractivity contribution in [1.29, 1.82) is 0 Å². The first-order valence-electron chi connectivity index (χ1n) is 6.75. The van der Waals surface area contributed by atoms with E-state index in [1.165, 1.54) is 0 Å². The second kappa shape index (κ2) is 5.81. The van der Waals surface area contributed by atoms with Crippen molar-refractivity contribution in [2.45, 2.75) is 19.9 Å². The number of nitrogens with zero attached hydrogens (tertiary/aromatic N) is 1. The molecule has 0 bridgehead atoms. The van der Waals surface area contributed by atoms with Gasteiger partial charge in [-0.05, 0) is 45.0 Å². The molecule has 0 aromatic heterocycles. The smallest absolute Gasteiger partial charge is 0.127 e. The van der Waals surface area contributed by atoms with Gasteiger partial charge in [0.15, 0.2) is 0 Å². The molecule has 3 atom stereocenters. The zero-order valence-corrected chi connectivity index (χ0v) is 11.5. The van der Waals surface area contributed by atoms with Crippen LogP contribution in [0.25, 0.3) is 0 Å². The van der Waals surface area contributed by atoms with Gasteiger partial charge in [0, 0.05) is 18.2 Å². The number of nitrogens with one attached hydrogen (secondary N) is 1. The molecule has 1 aromatic rings. The van der Waals surface area contributed by atoms with Gasteiger partial charge in [-0.1, -0.05) is 25.1 Å². The highest BCUT2D eigenvalue weighted by Gasteiger charge is 2.26. The Morgan fingerprint density at radius 2 is 2.11 bits per heavy atom. The maximum atomic E-state index is 13.8. The Balaban J connectivity index is 2.00. The van der Waals surface area contributed by atoms with E-state index in [9.17, 15) is 4.39 Å². The fraction of sp³-hybridized carbons (Fsp3) is 0.600. The van der Waals surface area contributed by atoms with E-state index in [1.807, 2.05) is 12.1 Å². The highest BCUT2D eigenvalue weighted by Crippen LogP contribution is 2.25. The summed E-state index contributed by atoms with van der Waals surface area (Å²) in [6.45, 7) is 7.56. The van der Waals surface area contributed by atoms with Gasteiger partial charge in [-0.25, -0.2) is 4.39 Å². The number of halogens is 1. The molecule has 100 valence electrons. The van der Waals surface area contributed by atoms with Crippen LogP contribution in [0.15, 0.2) is 24.3 Å². The first kappa shape index (κ1) is 13.5. The molecule has 1 aromatic carbocycles. The van der Waals surface area contributed by atoms with Crippen LogP contribution in [-0.2, 0) is 0 Å². The van der Waals surface area contributed by atoms with Crippen molar-refractivity contribution in [1.82, 2.24) is 10.2 Å². The SMILES string of the molecule is CC(c1ccccc1F)N(C)C[C@@H]1CNC[C@H]1C. The van der Waals surface area contributed by atoms with Crippen molar-refractivity contribution in [2.75, 3.05) is 26.7 Å². The second-order valence-corrected chi connectivity index (χ2v) is 5.53. The van der Waals surface area contributed by atoms with Gasteiger partial charge in [-0.3, -0.25) is 4.90 Å². The van der Waals surface area contributed by atoms with Gasteiger partial charge in [0.25, 0.3) is 0 Å². The minimum atomic E-state index is -0.102. The van der Waals surface area contributed by atoms with Gasteiger partial charge in [0.05, 0.1) is 0 Å². The van der Waals surface area contributed by atoms with Gasteiger partial charge in [-0.15, -0.1) is 0 Å². The maximum Gasteiger partial charge on any atom is 0.127 e. The maximum absolute atomic E-state index is 13.8. The van der Waals surface area contributed by atoms with Crippen molar-refractivity contribution in [2.24, 2.45) is 11.8 Å². The van der Waals surface area contributed by atoms with E-state index in [0.717, 1.165) is 25.2 Å². The van der Waals surface area contributed by atoms with E-state index >= 15 is 0 Å². The standard InChI is InChI=1S/C15H23FN2/c1-11-8-17-9-13(11)10-18(3)12(2)14-6-4-5-7-15(14)16/h4-7,11-13,17H,8-10H2,1-3H3/t11-,12?,13+/m1/s1. The number of benzene rings is 1. The predicted molar refractivity (Wildman–Crippen MR) is 73.0 cm³/mol. The summed E-state index contributed by atoms with van der Waals surface area (Å²) < 4.78 is 13.8. The monoisotopic (exact) mass is 250 g/mol. The summed E-state index contributed by atoms with van der Waals surface area (Å²) >= 11 is 0. The molecule has 0 spiro atoms. The predicted octanol–water partition coefficient (Wildman–Crippen LogP) is 2.67. The highest BCUT2D eigenvalue weighted by atomic mass is 19.1. The van der Waals surface area contributed by atoms with E-state index in [0.29, 0.717) is 11.8 Å². The van der Waals surface area contributed by atoms with Crippen LogP contribution in [-0.4, -0.2) is 31.6 Å². The lowest BCUT2D eigenvalue weighted by Gasteiger charge is -2.29. The van der Waals surface area contributed by atoms with E-state index in [4.69, 9.17) is 0 Å². The molecule has 1 fully saturated rings. The molecule has 1 aliphatic heterocycles. The molecule has 1 saturated heterocycles. The molecular formula is C15H23FN2. The van der Waals surface area contributed by atoms with Crippen molar-refractivity contribution >= 4 is 0 Å². The molecule has 0 amide bonds. The van der Waals surface area contributed by atoms with Crippen molar-refractivity contribution in [3.63, 3.8) is 0 Å². The Morgan fingerprint density at radius 3 is 2.72 bits per heavy atom. The van der Waals surface area contributed by atoms with Crippen LogP contribution < -0.4 is 5.32 Å². The minimum Gasteiger partial charge on any atom is -0.316 e. The van der Waals surface area contributed by atoms with Gasteiger partial charge < -0.3 is 5.32 Å². The van der Waals surface area contributed by atoms with Crippen LogP contribution in [0, 0.1) is 17.7 Å². The summed E-state index contributed by atoms with van der Waals surface area (Å²) in [4.78, 5) is 2.26. The Labute approximate surface area is 109 Å². The molecular weight excluding hydrogens is 227 g/mol. The van der Waals surface area contributed by atoms with Crippen LogP contribution in [0.4, 0.5) is 4.39 Å². The average molecular weight is 250 g/mol. The number of rotatable bonds is 4. The molecule has 1 N–H and O–H groups in total. The number of hydrogen-bond donors (Lipinski definition) is 1. The summed E-state index contributed by atoms with van der Waals surface area (Å²) in [6.07, 6.45) is 0. The zero-order chi connectivity index (χ0) is 13.1. The van der Waals surface area contributed by atoms with Crippen LogP contribution in [0.1, 0.15) is 25.5 Å². The lowest BCUT2D eigenvalue weighted by Crippen LogP contribution is -2.31. The molecule has 3 heteroatoms. The Morgan fingerprint density at radius 1 is 1.39 bits per heavy atom. The normalized spacial score (nSPS) is 25.6. The third kappa shape index (κ3) is 2.90. The summed E-state index contributed by atoms with van der Waals surface area (Å²) in [6, 6.07) is 7.20. The van der Waals surface area contributed by atoms with E-state index < -0.39 is 0 Å².